The van der Waals surface area contributed by atoms with E-state index in [2.05, 4.69) is 9.97 Å². The van der Waals surface area contributed by atoms with E-state index in [9.17, 15) is 0 Å². The van der Waals surface area contributed by atoms with Gasteiger partial charge in [-0.25, -0.2) is 9.97 Å². The molecule has 6 nitrogen and oxygen atoms in total. The summed E-state index contributed by atoms with van der Waals surface area (Å²) >= 11 is 0. The quantitative estimate of drug-likeness (QED) is 0.681. The zero-order valence-corrected chi connectivity index (χ0v) is 12.5. The molecule has 0 fully saturated rings. The molecule has 3 aromatic rings. The first kappa shape index (κ1) is 15.3. The Morgan fingerprint density at radius 2 is 1.83 bits per heavy atom. The predicted octanol–water partition coefficient (Wildman–Crippen LogP) is 0.897. The average Bonchev–Trinajstić information content (AvgIpc) is 2.59. The molecule has 7 heteroatoms. The molecule has 0 saturated carbocycles. The van der Waals surface area contributed by atoms with Crippen LogP contribution >= 0.6 is 0 Å². The van der Waals surface area contributed by atoms with Crippen molar-refractivity contribution in [3.8, 4) is 11.6 Å². The zero-order valence-electron chi connectivity index (χ0n) is 12.5. The third kappa shape index (κ3) is 3.58. The molecule has 0 amide bonds. The Balaban J connectivity index is 1.71. The highest BCUT2D eigenvalue weighted by Crippen LogP contribution is 2.19. The Morgan fingerprint density at radius 1 is 1.04 bits per heavy atom. The van der Waals surface area contributed by atoms with Crippen molar-refractivity contribution in [2.75, 3.05) is 7.11 Å². The van der Waals surface area contributed by atoms with E-state index >= 15 is 0 Å². The lowest BCUT2D eigenvalue weighted by Crippen LogP contribution is -2.29. The summed E-state index contributed by atoms with van der Waals surface area (Å²) in [5.41, 5.74) is 2.79. The topological polar surface area (TPSA) is 84.7 Å². The standard InChI is InChI=1S/C16H15BN2O4/c1-22-13-6-7-14-15(8-13)18-9-16(19-14)23-10-11-2-4-12(5-3-11)17(20)21/h2-9,20-21H,10H2,1H3. The SMILES string of the molecule is COc1ccc2nc(OCc3ccc(B(O)O)cc3)cnc2c1. The predicted molar refractivity (Wildman–Crippen MR) is 86.7 cm³/mol. The number of methoxy groups -OCH3 is 1. The van der Waals surface area contributed by atoms with Crippen LogP contribution in [-0.2, 0) is 6.61 Å². The molecule has 0 aliphatic carbocycles. The highest BCUT2D eigenvalue weighted by Gasteiger charge is 2.10. The molecule has 0 unspecified atom stereocenters. The lowest BCUT2D eigenvalue weighted by Gasteiger charge is -2.07. The van der Waals surface area contributed by atoms with Crippen molar-refractivity contribution in [2.45, 2.75) is 6.61 Å². The fourth-order valence-electron chi connectivity index (χ4n) is 2.11. The smallest absolute Gasteiger partial charge is 0.488 e. The van der Waals surface area contributed by atoms with E-state index in [4.69, 9.17) is 19.5 Å². The van der Waals surface area contributed by atoms with Gasteiger partial charge in [0, 0.05) is 6.07 Å². The van der Waals surface area contributed by atoms with Crippen LogP contribution in [0.4, 0.5) is 0 Å². The van der Waals surface area contributed by atoms with Gasteiger partial charge in [-0.2, -0.15) is 0 Å². The van der Waals surface area contributed by atoms with Crippen LogP contribution in [0.15, 0.2) is 48.7 Å². The Morgan fingerprint density at radius 3 is 2.52 bits per heavy atom. The Hall–Kier alpha value is -2.64. The average molecular weight is 310 g/mol. The third-order valence-electron chi connectivity index (χ3n) is 3.39. The van der Waals surface area contributed by atoms with Gasteiger partial charge in [-0.1, -0.05) is 24.3 Å². The van der Waals surface area contributed by atoms with Gasteiger partial charge in [0.15, 0.2) is 0 Å². The summed E-state index contributed by atoms with van der Waals surface area (Å²) in [5.74, 6) is 1.15. The van der Waals surface area contributed by atoms with Gasteiger partial charge in [0.05, 0.1) is 24.3 Å². The summed E-state index contributed by atoms with van der Waals surface area (Å²) in [6, 6.07) is 12.3. The molecule has 0 bridgehead atoms. The second-order valence-corrected chi connectivity index (χ2v) is 4.97. The fourth-order valence-corrected chi connectivity index (χ4v) is 2.11. The van der Waals surface area contributed by atoms with Crippen LogP contribution < -0.4 is 14.9 Å². The molecule has 0 spiro atoms. The largest absolute Gasteiger partial charge is 0.497 e. The number of ether oxygens (including phenoxy) is 2. The minimum Gasteiger partial charge on any atom is -0.497 e. The Labute approximate surface area is 133 Å². The molecular formula is C16H15BN2O4. The number of nitrogens with zero attached hydrogens (tertiary/aromatic N) is 2. The van der Waals surface area contributed by atoms with Crippen molar-refractivity contribution >= 4 is 23.6 Å². The summed E-state index contributed by atoms with van der Waals surface area (Å²) in [7, 11) is 0.140. The van der Waals surface area contributed by atoms with Crippen LogP contribution in [0.1, 0.15) is 5.56 Å². The fraction of sp³-hybridized carbons (Fsp3) is 0.125. The first-order valence-electron chi connectivity index (χ1n) is 7.04. The number of rotatable bonds is 5. The minimum absolute atomic E-state index is 0.318. The second-order valence-electron chi connectivity index (χ2n) is 4.97. The summed E-state index contributed by atoms with van der Waals surface area (Å²) in [6.45, 7) is 0.318. The molecule has 0 radical (unpaired) electrons. The van der Waals surface area contributed by atoms with Gasteiger partial charge in [-0.3, -0.25) is 0 Å². The monoisotopic (exact) mass is 310 g/mol. The van der Waals surface area contributed by atoms with E-state index < -0.39 is 7.12 Å². The molecule has 0 atom stereocenters. The van der Waals surface area contributed by atoms with E-state index in [1.807, 2.05) is 18.2 Å². The maximum absolute atomic E-state index is 9.06. The van der Waals surface area contributed by atoms with Crippen LogP contribution in [0.3, 0.4) is 0 Å². The molecule has 23 heavy (non-hydrogen) atoms. The van der Waals surface area contributed by atoms with Crippen molar-refractivity contribution in [2.24, 2.45) is 0 Å². The first-order chi connectivity index (χ1) is 11.2. The van der Waals surface area contributed by atoms with E-state index in [0.29, 0.717) is 17.9 Å². The molecule has 0 saturated heterocycles. The van der Waals surface area contributed by atoms with Crippen LogP contribution in [0.2, 0.25) is 0 Å². The summed E-state index contributed by atoms with van der Waals surface area (Å²) < 4.78 is 10.8. The lowest BCUT2D eigenvalue weighted by atomic mass is 9.80. The number of hydrogen-bond acceptors (Lipinski definition) is 6. The minimum atomic E-state index is -1.46. The van der Waals surface area contributed by atoms with Gasteiger partial charge >= 0.3 is 7.12 Å². The summed E-state index contributed by atoms with van der Waals surface area (Å²) in [4.78, 5) is 8.70. The lowest BCUT2D eigenvalue weighted by molar-refractivity contribution is 0.294. The van der Waals surface area contributed by atoms with E-state index in [1.54, 1.807) is 37.6 Å². The van der Waals surface area contributed by atoms with Gasteiger partial charge in [-0.05, 0) is 23.2 Å². The number of hydrogen-bond donors (Lipinski definition) is 2. The van der Waals surface area contributed by atoms with Gasteiger partial charge in [-0.15, -0.1) is 0 Å². The molecule has 116 valence electrons. The number of aromatic nitrogens is 2. The molecular weight excluding hydrogens is 295 g/mol. The Kier molecular flexibility index (Phi) is 4.41. The Bertz CT molecular complexity index is 809. The zero-order chi connectivity index (χ0) is 16.2. The molecule has 0 aliphatic heterocycles. The van der Waals surface area contributed by atoms with Crippen molar-refractivity contribution in [3.05, 3.63) is 54.2 Å². The molecule has 2 N–H and O–H groups in total. The molecule has 0 aliphatic rings. The van der Waals surface area contributed by atoms with Gasteiger partial charge in [0.25, 0.3) is 0 Å². The van der Waals surface area contributed by atoms with E-state index in [-0.39, 0.29) is 0 Å². The van der Waals surface area contributed by atoms with Gasteiger partial charge < -0.3 is 19.5 Å². The maximum atomic E-state index is 9.06. The van der Waals surface area contributed by atoms with Gasteiger partial charge in [0.1, 0.15) is 12.4 Å². The van der Waals surface area contributed by atoms with Crippen LogP contribution in [-0.4, -0.2) is 34.2 Å². The third-order valence-corrected chi connectivity index (χ3v) is 3.39. The second kappa shape index (κ2) is 6.64. The summed E-state index contributed by atoms with van der Waals surface area (Å²) in [6.07, 6.45) is 1.56. The maximum Gasteiger partial charge on any atom is 0.488 e. The van der Waals surface area contributed by atoms with E-state index in [0.717, 1.165) is 22.3 Å². The van der Waals surface area contributed by atoms with E-state index in [1.165, 1.54) is 0 Å². The molecule has 1 heterocycles. The molecule has 3 rings (SSSR count). The number of fused-ring (bicyclic) bond motifs is 1. The van der Waals surface area contributed by atoms with Crippen molar-refractivity contribution < 1.29 is 19.5 Å². The van der Waals surface area contributed by atoms with Crippen molar-refractivity contribution in [3.63, 3.8) is 0 Å². The first-order valence-corrected chi connectivity index (χ1v) is 7.04. The van der Waals surface area contributed by atoms with Crippen molar-refractivity contribution in [1.29, 1.82) is 0 Å². The normalized spacial score (nSPS) is 10.6. The molecule has 2 aromatic carbocycles. The van der Waals surface area contributed by atoms with Crippen LogP contribution in [0, 0.1) is 0 Å². The highest BCUT2D eigenvalue weighted by atomic mass is 16.5. The van der Waals surface area contributed by atoms with Crippen LogP contribution in [0.5, 0.6) is 11.6 Å². The van der Waals surface area contributed by atoms with Gasteiger partial charge in [0.2, 0.25) is 5.88 Å². The van der Waals surface area contributed by atoms with Crippen molar-refractivity contribution in [1.82, 2.24) is 9.97 Å². The number of benzene rings is 2. The summed E-state index contributed by atoms with van der Waals surface area (Å²) in [5, 5.41) is 18.1. The highest BCUT2D eigenvalue weighted by molar-refractivity contribution is 6.58. The molecule has 1 aromatic heterocycles. The van der Waals surface area contributed by atoms with Crippen LogP contribution in [0.25, 0.3) is 11.0 Å².